The van der Waals surface area contributed by atoms with Crippen molar-refractivity contribution in [3.05, 3.63) is 59.2 Å². The van der Waals surface area contributed by atoms with Crippen molar-refractivity contribution in [3.63, 3.8) is 0 Å². The Balaban J connectivity index is 1.68. The number of hydrogen-bond acceptors (Lipinski definition) is 7. The molecule has 3 N–H and O–H groups in total. The molecule has 0 fully saturated rings. The highest BCUT2D eigenvalue weighted by Gasteiger charge is 2.26. The molecule has 0 saturated carbocycles. The zero-order valence-electron chi connectivity index (χ0n) is 22.8. The van der Waals surface area contributed by atoms with Gasteiger partial charge in [-0.15, -0.1) is 0 Å². The summed E-state index contributed by atoms with van der Waals surface area (Å²) < 4.78 is 39.5. The first-order chi connectivity index (χ1) is 18.4. The smallest absolute Gasteiger partial charge is 0.407 e. The molecule has 0 saturated heterocycles. The third kappa shape index (κ3) is 9.36. The Morgan fingerprint density at radius 1 is 1.03 bits per heavy atom. The molecule has 0 aliphatic heterocycles. The van der Waals surface area contributed by atoms with Crippen LogP contribution >= 0.6 is 0 Å². The van der Waals surface area contributed by atoms with Gasteiger partial charge in [0.05, 0.1) is 11.3 Å². The molecular weight excluding hydrogens is 522 g/mol. The molecule has 212 valence electrons. The Kier molecular flexibility index (Phi) is 10.1. The van der Waals surface area contributed by atoms with Crippen molar-refractivity contribution in [2.24, 2.45) is 0 Å². The van der Waals surface area contributed by atoms with E-state index in [1.165, 1.54) is 11.6 Å². The number of sulfonamides is 1. The second-order valence-electron chi connectivity index (χ2n) is 10.3. The monoisotopic (exact) mass is 559 g/mol. The second kappa shape index (κ2) is 13.1. The van der Waals surface area contributed by atoms with E-state index in [1.54, 1.807) is 45.0 Å². The van der Waals surface area contributed by atoms with E-state index < -0.39 is 46.2 Å². The summed E-state index contributed by atoms with van der Waals surface area (Å²) in [6.45, 7) is 6.94. The average Bonchev–Trinajstić information content (AvgIpc) is 3.30. The second-order valence-corrected chi connectivity index (χ2v) is 12.0. The molecule has 1 aliphatic carbocycles. The lowest BCUT2D eigenvalue weighted by Crippen LogP contribution is -2.50. The van der Waals surface area contributed by atoms with Crippen molar-refractivity contribution < 1.29 is 32.3 Å². The first-order valence-corrected chi connectivity index (χ1v) is 14.5. The zero-order valence-corrected chi connectivity index (χ0v) is 23.7. The molecule has 39 heavy (non-hydrogen) atoms. The van der Waals surface area contributed by atoms with Crippen LogP contribution in [0.5, 0.6) is 5.75 Å². The predicted octanol–water partition coefficient (Wildman–Crippen LogP) is 3.37. The lowest BCUT2D eigenvalue weighted by atomic mass is 10.1. The number of rotatable bonds is 11. The highest BCUT2D eigenvalue weighted by molar-refractivity contribution is 7.89. The van der Waals surface area contributed by atoms with E-state index in [0.717, 1.165) is 24.8 Å². The van der Waals surface area contributed by atoms with Crippen LogP contribution in [0.1, 0.15) is 63.6 Å². The number of amides is 2. The van der Waals surface area contributed by atoms with Crippen LogP contribution in [-0.2, 0) is 43.6 Å². The van der Waals surface area contributed by atoms with Gasteiger partial charge in [-0.05, 0) is 81.3 Å². The fraction of sp³-hybridized carbons (Fsp3) is 0.464. The van der Waals surface area contributed by atoms with Crippen molar-refractivity contribution >= 4 is 28.0 Å². The highest BCUT2D eigenvalue weighted by atomic mass is 32.2. The number of benzene rings is 2. The molecule has 0 spiro atoms. The molecule has 1 unspecified atom stereocenters. The third-order valence-electron chi connectivity index (χ3n) is 5.97. The predicted molar refractivity (Wildman–Crippen MR) is 146 cm³/mol. The SMILES string of the molecule is CCc1ccccc1S(=O)(=O)NC(CC(=O)Oc1ccc2c(c1)CCC2)NC(=O)CCNC(=O)OC(C)(C)C. The van der Waals surface area contributed by atoms with E-state index in [0.29, 0.717) is 17.7 Å². The molecule has 0 bridgehead atoms. The Morgan fingerprint density at radius 3 is 2.46 bits per heavy atom. The number of carbonyl (C=O) groups is 3. The van der Waals surface area contributed by atoms with Crippen LogP contribution in [0.25, 0.3) is 0 Å². The normalized spacial score (nSPS) is 13.7. The first-order valence-electron chi connectivity index (χ1n) is 13.0. The molecule has 1 atom stereocenters. The van der Waals surface area contributed by atoms with Crippen LogP contribution in [0, 0.1) is 0 Å². The summed E-state index contributed by atoms with van der Waals surface area (Å²) in [6, 6.07) is 12.0. The fourth-order valence-electron chi connectivity index (χ4n) is 4.24. The average molecular weight is 560 g/mol. The fourth-order valence-corrected chi connectivity index (χ4v) is 5.70. The van der Waals surface area contributed by atoms with Crippen LogP contribution < -0.4 is 20.1 Å². The zero-order chi connectivity index (χ0) is 28.6. The topological polar surface area (TPSA) is 140 Å². The van der Waals surface area contributed by atoms with Gasteiger partial charge in [-0.3, -0.25) is 9.59 Å². The van der Waals surface area contributed by atoms with E-state index >= 15 is 0 Å². The minimum atomic E-state index is -4.09. The number of carbonyl (C=O) groups excluding carboxylic acids is 3. The first kappa shape index (κ1) is 30.1. The van der Waals surface area contributed by atoms with Gasteiger partial charge in [0.1, 0.15) is 17.5 Å². The van der Waals surface area contributed by atoms with Crippen molar-refractivity contribution in [2.75, 3.05) is 6.54 Å². The number of fused-ring (bicyclic) bond motifs is 1. The summed E-state index contributed by atoms with van der Waals surface area (Å²) in [5, 5.41) is 5.01. The molecule has 11 heteroatoms. The molecule has 10 nitrogen and oxygen atoms in total. The molecule has 0 radical (unpaired) electrons. The van der Waals surface area contributed by atoms with E-state index in [2.05, 4.69) is 15.4 Å². The van der Waals surface area contributed by atoms with E-state index in [9.17, 15) is 22.8 Å². The van der Waals surface area contributed by atoms with Gasteiger partial charge in [-0.1, -0.05) is 31.2 Å². The molecule has 2 aromatic carbocycles. The summed E-state index contributed by atoms with van der Waals surface area (Å²) in [4.78, 5) is 37.3. The minimum Gasteiger partial charge on any atom is -0.444 e. The standard InChI is InChI=1S/C28H37N3O7S/c1-5-19-9-6-7-12-23(19)39(35,36)31-24(30-25(32)15-16-29-27(34)38-28(2,3)4)18-26(33)37-22-14-13-20-10-8-11-21(20)17-22/h6-7,9,12-14,17,24,31H,5,8,10-11,15-16,18H2,1-4H3,(H,29,34)(H,30,32). The number of aryl methyl sites for hydroxylation is 3. The van der Waals surface area contributed by atoms with Gasteiger partial charge in [-0.25, -0.2) is 13.2 Å². The van der Waals surface area contributed by atoms with Gasteiger partial charge < -0.3 is 20.1 Å². The maximum absolute atomic E-state index is 13.2. The van der Waals surface area contributed by atoms with Gasteiger partial charge in [0, 0.05) is 13.0 Å². The van der Waals surface area contributed by atoms with Crippen LogP contribution in [0.4, 0.5) is 4.79 Å². The van der Waals surface area contributed by atoms with Gasteiger partial charge in [0.25, 0.3) is 0 Å². The highest BCUT2D eigenvalue weighted by Crippen LogP contribution is 2.26. The summed E-state index contributed by atoms with van der Waals surface area (Å²) in [7, 11) is -4.09. The quantitative estimate of drug-likeness (QED) is 0.218. The Bertz CT molecular complexity index is 1300. The van der Waals surface area contributed by atoms with Gasteiger partial charge in [-0.2, -0.15) is 4.72 Å². The molecule has 3 rings (SSSR count). The summed E-state index contributed by atoms with van der Waals surface area (Å²) in [6.07, 6.45) is 0.848. The maximum atomic E-state index is 13.2. The number of hydrogen-bond donors (Lipinski definition) is 3. The van der Waals surface area contributed by atoms with Crippen LogP contribution in [0.2, 0.25) is 0 Å². The maximum Gasteiger partial charge on any atom is 0.407 e. The van der Waals surface area contributed by atoms with Crippen LogP contribution in [-0.4, -0.2) is 44.7 Å². The van der Waals surface area contributed by atoms with Crippen molar-refractivity contribution in [2.45, 2.75) is 82.9 Å². The molecule has 2 aromatic rings. The molecule has 0 heterocycles. The summed E-state index contributed by atoms with van der Waals surface area (Å²) in [5.74, 6) is -0.920. The molecule has 2 amide bonds. The third-order valence-corrected chi connectivity index (χ3v) is 7.54. The number of ether oxygens (including phenoxy) is 2. The Morgan fingerprint density at radius 2 is 1.74 bits per heavy atom. The van der Waals surface area contributed by atoms with E-state index in [4.69, 9.17) is 9.47 Å². The van der Waals surface area contributed by atoms with E-state index in [1.807, 2.05) is 19.1 Å². The number of esters is 1. The summed E-state index contributed by atoms with van der Waals surface area (Å²) in [5.41, 5.74) is 2.25. The molecule has 0 aromatic heterocycles. The Labute approximate surface area is 229 Å². The molecular formula is C28H37N3O7S. The van der Waals surface area contributed by atoms with Gasteiger partial charge >= 0.3 is 12.1 Å². The number of alkyl carbamates (subject to hydrolysis) is 1. The van der Waals surface area contributed by atoms with E-state index in [-0.39, 0.29) is 17.9 Å². The van der Waals surface area contributed by atoms with Crippen LogP contribution in [0.15, 0.2) is 47.4 Å². The van der Waals surface area contributed by atoms with Crippen molar-refractivity contribution in [1.82, 2.24) is 15.4 Å². The van der Waals surface area contributed by atoms with Gasteiger partial charge in [0.2, 0.25) is 15.9 Å². The van der Waals surface area contributed by atoms with Gasteiger partial charge in [0.15, 0.2) is 0 Å². The molecule has 1 aliphatic rings. The van der Waals surface area contributed by atoms with Crippen LogP contribution in [0.3, 0.4) is 0 Å². The van der Waals surface area contributed by atoms with Crippen molar-refractivity contribution in [3.8, 4) is 5.75 Å². The largest absolute Gasteiger partial charge is 0.444 e. The Hall–Kier alpha value is -3.44. The lowest BCUT2D eigenvalue weighted by Gasteiger charge is -2.21. The number of nitrogens with one attached hydrogen (secondary N) is 3. The summed E-state index contributed by atoms with van der Waals surface area (Å²) >= 11 is 0. The minimum absolute atomic E-state index is 0.0432. The lowest BCUT2D eigenvalue weighted by molar-refractivity contribution is -0.135. The van der Waals surface area contributed by atoms with Crippen molar-refractivity contribution in [1.29, 1.82) is 0 Å².